The fourth-order valence-electron chi connectivity index (χ4n) is 3.90. The molecule has 0 spiro atoms. The molecule has 6 heteroatoms. The Morgan fingerprint density at radius 2 is 1.83 bits per heavy atom. The lowest BCUT2D eigenvalue weighted by molar-refractivity contribution is -0.136. The number of methoxy groups -OCH3 is 1. The summed E-state index contributed by atoms with van der Waals surface area (Å²) >= 11 is 0. The number of benzene rings is 2. The van der Waals surface area contributed by atoms with Crippen LogP contribution in [-0.2, 0) is 25.7 Å². The van der Waals surface area contributed by atoms with Crippen LogP contribution in [0.1, 0.15) is 36.3 Å². The minimum absolute atomic E-state index is 0.00953. The summed E-state index contributed by atoms with van der Waals surface area (Å²) in [6.07, 6.45) is 1.74. The Balaban J connectivity index is 1.64. The number of allylic oxidation sites excluding steroid dienone is 2. The van der Waals surface area contributed by atoms with Gasteiger partial charge in [0.2, 0.25) is 5.88 Å². The molecule has 30 heavy (non-hydrogen) atoms. The molecule has 0 saturated heterocycles. The molecule has 2 N–H and O–H groups in total. The van der Waals surface area contributed by atoms with E-state index >= 15 is 0 Å². The van der Waals surface area contributed by atoms with E-state index < -0.39 is 11.9 Å². The summed E-state index contributed by atoms with van der Waals surface area (Å²) < 4.78 is 16.4. The van der Waals surface area contributed by atoms with Crippen molar-refractivity contribution in [2.45, 2.75) is 31.8 Å². The Hall–Kier alpha value is -3.54. The molecule has 0 radical (unpaired) electrons. The SMILES string of the molecule is COC(=O)C1=C(N)OC2=C(C(=O)CCC2)[C@@H]1c1ccc(OCc2ccccc2)cc1. The zero-order valence-electron chi connectivity index (χ0n) is 16.7. The van der Waals surface area contributed by atoms with Crippen molar-refractivity contribution in [3.05, 3.63) is 88.5 Å². The fraction of sp³-hybridized carbons (Fsp3) is 0.250. The van der Waals surface area contributed by atoms with Crippen molar-refractivity contribution in [1.29, 1.82) is 0 Å². The van der Waals surface area contributed by atoms with Gasteiger partial charge >= 0.3 is 5.97 Å². The first-order valence-electron chi connectivity index (χ1n) is 9.87. The lowest BCUT2D eigenvalue weighted by Gasteiger charge is -2.32. The second-order valence-electron chi connectivity index (χ2n) is 7.26. The summed E-state index contributed by atoms with van der Waals surface area (Å²) in [7, 11) is 1.28. The fourth-order valence-corrected chi connectivity index (χ4v) is 3.90. The molecule has 154 valence electrons. The van der Waals surface area contributed by atoms with Crippen molar-refractivity contribution in [2.24, 2.45) is 5.73 Å². The molecule has 2 aromatic rings. The first-order valence-corrected chi connectivity index (χ1v) is 9.87. The Bertz CT molecular complexity index is 1020. The summed E-state index contributed by atoms with van der Waals surface area (Å²) in [6.45, 7) is 0.450. The first kappa shape index (κ1) is 19.8. The van der Waals surface area contributed by atoms with Crippen LogP contribution in [0.2, 0.25) is 0 Å². The van der Waals surface area contributed by atoms with Crippen molar-refractivity contribution in [3.63, 3.8) is 0 Å². The van der Waals surface area contributed by atoms with E-state index in [9.17, 15) is 9.59 Å². The first-order chi connectivity index (χ1) is 14.6. The van der Waals surface area contributed by atoms with Crippen LogP contribution in [0.25, 0.3) is 0 Å². The predicted molar refractivity (Wildman–Crippen MR) is 110 cm³/mol. The quantitative estimate of drug-likeness (QED) is 0.763. The molecule has 0 amide bonds. The van der Waals surface area contributed by atoms with Gasteiger partial charge < -0.3 is 19.9 Å². The average molecular weight is 405 g/mol. The number of nitrogens with two attached hydrogens (primary N) is 1. The number of hydrogen-bond acceptors (Lipinski definition) is 6. The van der Waals surface area contributed by atoms with Crippen molar-refractivity contribution in [2.75, 3.05) is 7.11 Å². The molecule has 1 atom stereocenters. The third kappa shape index (κ3) is 3.81. The number of hydrogen-bond donors (Lipinski definition) is 1. The van der Waals surface area contributed by atoms with Crippen molar-refractivity contribution in [3.8, 4) is 5.75 Å². The van der Waals surface area contributed by atoms with Crippen molar-refractivity contribution >= 4 is 11.8 Å². The molecule has 0 bridgehead atoms. The summed E-state index contributed by atoms with van der Waals surface area (Å²) in [5.74, 6) is -0.0190. The maximum atomic E-state index is 12.7. The number of carbonyl (C=O) groups is 2. The molecule has 2 aromatic carbocycles. The molecule has 1 heterocycles. The van der Waals surface area contributed by atoms with Gasteiger partial charge in [-0.25, -0.2) is 4.79 Å². The van der Waals surface area contributed by atoms with Gasteiger partial charge in [-0.2, -0.15) is 0 Å². The Labute approximate surface area is 174 Å². The third-order valence-electron chi connectivity index (χ3n) is 5.35. The molecule has 1 aliphatic heterocycles. The van der Waals surface area contributed by atoms with Gasteiger partial charge in [-0.3, -0.25) is 4.79 Å². The van der Waals surface area contributed by atoms with Crippen LogP contribution in [0.5, 0.6) is 5.75 Å². The third-order valence-corrected chi connectivity index (χ3v) is 5.35. The molecular formula is C24H23NO5. The van der Waals surface area contributed by atoms with Crippen LogP contribution < -0.4 is 10.5 Å². The number of Topliss-reactive ketones (excluding diaryl/α,β-unsaturated/α-hetero) is 1. The van der Waals surface area contributed by atoms with Crippen LogP contribution in [-0.4, -0.2) is 18.9 Å². The van der Waals surface area contributed by atoms with Crippen LogP contribution in [0, 0.1) is 0 Å². The Morgan fingerprint density at radius 3 is 2.53 bits per heavy atom. The lowest BCUT2D eigenvalue weighted by atomic mass is 9.77. The second kappa shape index (κ2) is 8.45. The van der Waals surface area contributed by atoms with E-state index in [1.54, 1.807) is 0 Å². The van der Waals surface area contributed by atoms with Crippen molar-refractivity contribution < 1.29 is 23.8 Å². The minimum Gasteiger partial charge on any atom is -0.489 e. The largest absolute Gasteiger partial charge is 0.489 e. The number of ether oxygens (including phenoxy) is 3. The standard InChI is InChI=1S/C24H23NO5/c1-28-24(27)22-20(21-18(26)8-5-9-19(21)30-23(22)25)16-10-12-17(13-11-16)29-14-15-6-3-2-4-7-15/h2-4,6-7,10-13,20H,5,8-9,14,25H2,1H3/t20-/m0/s1. The normalized spacial score (nSPS) is 18.6. The van der Waals surface area contributed by atoms with E-state index in [2.05, 4.69) is 0 Å². The van der Waals surface area contributed by atoms with Gasteiger partial charge in [0, 0.05) is 18.4 Å². The predicted octanol–water partition coefficient (Wildman–Crippen LogP) is 3.73. The van der Waals surface area contributed by atoms with E-state index in [4.69, 9.17) is 19.9 Å². The summed E-state index contributed by atoms with van der Waals surface area (Å²) in [5, 5.41) is 0. The highest BCUT2D eigenvalue weighted by atomic mass is 16.5. The number of esters is 1. The van der Waals surface area contributed by atoms with Gasteiger partial charge in [0.15, 0.2) is 5.78 Å². The number of ketones is 1. The Morgan fingerprint density at radius 1 is 1.10 bits per heavy atom. The zero-order chi connectivity index (χ0) is 21.1. The highest BCUT2D eigenvalue weighted by Gasteiger charge is 2.41. The smallest absolute Gasteiger partial charge is 0.340 e. The van der Waals surface area contributed by atoms with E-state index in [1.807, 2.05) is 54.6 Å². The second-order valence-corrected chi connectivity index (χ2v) is 7.26. The van der Waals surface area contributed by atoms with Crippen LogP contribution in [0.3, 0.4) is 0 Å². The van der Waals surface area contributed by atoms with Gasteiger partial charge in [-0.15, -0.1) is 0 Å². The van der Waals surface area contributed by atoms with E-state index in [1.165, 1.54) is 7.11 Å². The van der Waals surface area contributed by atoms with Crippen LogP contribution in [0.4, 0.5) is 0 Å². The molecule has 0 fully saturated rings. The molecule has 0 aromatic heterocycles. The Kier molecular flexibility index (Phi) is 5.57. The topological polar surface area (TPSA) is 87.9 Å². The van der Waals surface area contributed by atoms with E-state index in [-0.39, 0.29) is 17.2 Å². The molecule has 1 aliphatic carbocycles. The van der Waals surface area contributed by atoms with Gasteiger partial charge in [0.25, 0.3) is 0 Å². The van der Waals surface area contributed by atoms with E-state index in [0.29, 0.717) is 43.0 Å². The van der Waals surface area contributed by atoms with Crippen LogP contribution in [0.15, 0.2) is 77.4 Å². The lowest BCUT2D eigenvalue weighted by Crippen LogP contribution is -2.31. The average Bonchev–Trinajstić information content (AvgIpc) is 2.77. The minimum atomic E-state index is -0.614. The summed E-state index contributed by atoms with van der Waals surface area (Å²) in [6, 6.07) is 17.2. The molecule has 2 aliphatic rings. The molecule has 0 unspecified atom stereocenters. The maximum absolute atomic E-state index is 12.7. The van der Waals surface area contributed by atoms with Crippen molar-refractivity contribution in [1.82, 2.24) is 0 Å². The zero-order valence-corrected chi connectivity index (χ0v) is 16.7. The van der Waals surface area contributed by atoms with E-state index in [0.717, 1.165) is 11.1 Å². The van der Waals surface area contributed by atoms with Gasteiger partial charge in [-0.05, 0) is 29.7 Å². The van der Waals surface area contributed by atoms with Gasteiger partial charge in [0.05, 0.1) is 13.0 Å². The monoisotopic (exact) mass is 405 g/mol. The molecule has 0 saturated carbocycles. The number of carbonyl (C=O) groups excluding carboxylic acids is 2. The van der Waals surface area contributed by atoms with Crippen LogP contribution >= 0.6 is 0 Å². The highest BCUT2D eigenvalue weighted by molar-refractivity contribution is 6.03. The summed E-state index contributed by atoms with van der Waals surface area (Å²) in [5.41, 5.74) is 8.54. The highest BCUT2D eigenvalue weighted by Crippen LogP contribution is 2.44. The maximum Gasteiger partial charge on any atom is 0.340 e. The van der Waals surface area contributed by atoms with Gasteiger partial charge in [0.1, 0.15) is 23.7 Å². The van der Waals surface area contributed by atoms with Gasteiger partial charge in [-0.1, -0.05) is 42.5 Å². The molecular weight excluding hydrogens is 382 g/mol. The molecule has 4 rings (SSSR count). The summed E-state index contributed by atoms with van der Waals surface area (Å²) in [4.78, 5) is 25.2. The molecule has 6 nitrogen and oxygen atoms in total. The number of rotatable bonds is 5.